The molecule has 1 saturated carbocycles. The lowest BCUT2D eigenvalue weighted by atomic mass is 10.1. The first-order valence-corrected chi connectivity index (χ1v) is 9.65. The van der Waals surface area contributed by atoms with E-state index in [1.165, 1.54) is 30.0 Å². The number of ether oxygens (including phenoxy) is 1. The summed E-state index contributed by atoms with van der Waals surface area (Å²) in [7, 11) is 1.69. The summed E-state index contributed by atoms with van der Waals surface area (Å²) in [6, 6.07) is 18.7. The fourth-order valence-corrected chi connectivity index (χ4v) is 3.49. The molecule has 0 amide bonds. The van der Waals surface area contributed by atoms with Gasteiger partial charge in [0.05, 0.1) is 7.11 Å². The molecule has 0 saturated heterocycles. The lowest BCUT2D eigenvalue weighted by molar-refractivity contribution is 0.245. The van der Waals surface area contributed by atoms with Crippen LogP contribution < -0.4 is 10.3 Å². The third kappa shape index (κ3) is 4.49. The van der Waals surface area contributed by atoms with Crippen molar-refractivity contribution in [1.82, 2.24) is 14.9 Å². The fraction of sp³-hybridized carbons (Fsp3) is 0.304. The molecule has 2 aromatic carbocycles. The smallest absolute Gasteiger partial charge is 0.251 e. The van der Waals surface area contributed by atoms with Crippen molar-refractivity contribution in [1.29, 1.82) is 0 Å². The molecule has 0 radical (unpaired) electrons. The maximum atomic E-state index is 11.8. The minimum Gasteiger partial charge on any atom is -0.497 e. The van der Waals surface area contributed by atoms with Crippen LogP contribution in [0, 0.1) is 6.92 Å². The Morgan fingerprint density at radius 2 is 1.82 bits per heavy atom. The lowest BCUT2D eigenvalue weighted by Crippen LogP contribution is -2.25. The molecule has 1 N–H and O–H groups in total. The van der Waals surface area contributed by atoms with Crippen LogP contribution in [0.25, 0.3) is 11.4 Å². The number of nitrogens with zero attached hydrogens (tertiary/aromatic N) is 2. The quantitative estimate of drug-likeness (QED) is 0.680. The van der Waals surface area contributed by atoms with Gasteiger partial charge in [0.15, 0.2) is 0 Å². The Morgan fingerprint density at radius 1 is 1.07 bits per heavy atom. The summed E-state index contributed by atoms with van der Waals surface area (Å²) in [5, 5.41) is 0. The standard InChI is InChI=1S/C23H25N3O2/c1-16-12-22(27)25-23(24-16)19-5-3-4-18(13-19)15-26(20-8-9-20)14-17-6-10-21(28-2)11-7-17/h3-7,10-13,20H,8-9,14-15H2,1-2H3,(H,24,25,27). The molecule has 0 atom stereocenters. The van der Waals surface area contributed by atoms with Crippen LogP contribution in [0.15, 0.2) is 59.4 Å². The van der Waals surface area contributed by atoms with Gasteiger partial charge >= 0.3 is 0 Å². The van der Waals surface area contributed by atoms with Crippen molar-refractivity contribution in [2.24, 2.45) is 0 Å². The Bertz CT molecular complexity index is 1010. The van der Waals surface area contributed by atoms with Crippen molar-refractivity contribution in [3.05, 3.63) is 81.8 Å². The van der Waals surface area contributed by atoms with Crippen molar-refractivity contribution in [3.63, 3.8) is 0 Å². The predicted octanol–water partition coefficient (Wildman–Crippen LogP) is 3.92. The lowest BCUT2D eigenvalue weighted by Gasteiger charge is -2.22. The highest BCUT2D eigenvalue weighted by Crippen LogP contribution is 2.30. The van der Waals surface area contributed by atoms with E-state index >= 15 is 0 Å². The van der Waals surface area contributed by atoms with Gasteiger partial charge in [0.2, 0.25) is 0 Å². The van der Waals surface area contributed by atoms with Gasteiger partial charge in [-0.25, -0.2) is 4.98 Å². The number of nitrogens with one attached hydrogen (secondary N) is 1. The summed E-state index contributed by atoms with van der Waals surface area (Å²) in [4.78, 5) is 21.6. The Labute approximate surface area is 165 Å². The molecule has 3 aromatic rings. The molecule has 5 nitrogen and oxygen atoms in total. The third-order valence-electron chi connectivity index (χ3n) is 5.06. The molecule has 144 valence electrons. The summed E-state index contributed by atoms with van der Waals surface area (Å²) in [5.74, 6) is 1.51. The highest BCUT2D eigenvalue weighted by molar-refractivity contribution is 5.56. The van der Waals surface area contributed by atoms with E-state index in [9.17, 15) is 4.79 Å². The van der Waals surface area contributed by atoms with Crippen molar-refractivity contribution in [2.75, 3.05) is 7.11 Å². The minimum atomic E-state index is -0.119. The van der Waals surface area contributed by atoms with Gasteiger partial charge in [-0.15, -0.1) is 0 Å². The third-order valence-corrected chi connectivity index (χ3v) is 5.06. The molecule has 1 heterocycles. The maximum Gasteiger partial charge on any atom is 0.251 e. The van der Waals surface area contributed by atoms with Crippen molar-refractivity contribution in [3.8, 4) is 17.1 Å². The number of hydrogen-bond donors (Lipinski definition) is 1. The Kier molecular flexibility index (Phi) is 5.26. The average Bonchev–Trinajstić information content (AvgIpc) is 3.53. The monoisotopic (exact) mass is 375 g/mol. The van der Waals surface area contributed by atoms with Gasteiger partial charge in [-0.2, -0.15) is 0 Å². The molecule has 4 rings (SSSR count). The van der Waals surface area contributed by atoms with Gasteiger partial charge in [-0.1, -0.05) is 30.3 Å². The number of aromatic amines is 1. The number of hydrogen-bond acceptors (Lipinski definition) is 4. The summed E-state index contributed by atoms with van der Waals surface area (Å²) >= 11 is 0. The number of benzene rings is 2. The van der Waals surface area contributed by atoms with Crippen molar-refractivity contribution in [2.45, 2.75) is 38.9 Å². The molecule has 1 aliphatic carbocycles. The maximum absolute atomic E-state index is 11.8. The van der Waals surface area contributed by atoms with Crippen LogP contribution in [0.3, 0.4) is 0 Å². The van der Waals surface area contributed by atoms with Crippen LogP contribution >= 0.6 is 0 Å². The predicted molar refractivity (Wildman–Crippen MR) is 110 cm³/mol. The molecular formula is C23H25N3O2. The molecule has 5 heteroatoms. The Balaban J connectivity index is 1.53. The fourth-order valence-electron chi connectivity index (χ4n) is 3.49. The second-order valence-electron chi connectivity index (χ2n) is 7.42. The van der Waals surface area contributed by atoms with Gasteiger partial charge in [0.25, 0.3) is 5.56 Å². The summed E-state index contributed by atoms with van der Waals surface area (Å²) in [6.45, 7) is 3.63. The first-order chi connectivity index (χ1) is 13.6. The van der Waals surface area contributed by atoms with Crippen molar-refractivity contribution >= 4 is 0 Å². The number of H-pyrrole nitrogens is 1. The second kappa shape index (κ2) is 7.98. The summed E-state index contributed by atoms with van der Waals surface area (Å²) < 4.78 is 5.26. The molecule has 28 heavy (non-hydrogen) atoms. The number of aryl methyl sites for hydroxylation is 1. The van der Waals surface area contributed by atoms with Gasteiger partial charge in [0, 0.05) is 36.5 Å². The largest absolute Gasteiger partial charge is 0.497 e. The topological polar surface area (TPSA) is 58.2 Å². The van der Waals surface area contributed by atoms with Crippen LogP contribution in [-0.4, -0.2) is 28.0 Å². The van der Waals surface area contributed by atoms with E-state index in [-0.39, 0.29) is 5.56 Å². The van der Waals surface area contributed by atoms with Gasteiger partial charge in [-0.3, -0.25) is 9.69 Å². The molecule has 0 unspecified atom stereocenters. The first-order valence-electron chi connectivity index (χ1n) is 9.65. The minimum absolute atomic E-state index is 0.119. The summed E-state index contributed by atoms with van der Waals surface area (Å²) in [6.07, 6.45) is 2.51. The SMILES string of the molecule is COc1ccc(CN(Cc2cccc(-c3nc(C)cc(=O)[nH]3)c2)C2CC2)cc1. The molecule has 0 bridgehead atoms. The van der Waals surface area contributed by atoms with E-state index in [2.05, 4.69) is 39.1 Å². The second-order valence-corrected chi connectivity index (χ2v) is 7.42. The van der Waals surface area contributed by atoms with Crippen LogP contribution in [0.4, 0.5) is 0 Å². The highest BCUT2D eigenvalue weighted by Gasteiger charge is 2.29. The van der Waals surface area contributed by atoms with Crippen LogP contribution in [0.1, 0.15) is 29.7 Å². The van der Waals surface area contributed by atoms with Crippen LogP contribution in [0.2, 0.25) is 0 Å². The van der Waals surface area contributed by atoms with Crippen LogP contribution in [0.5, 0.6) is 5.75 Å². The van der Waals surface area contributed by atoms with E-state index in [0.717, 1.165) is 30.1 Å². The number of aromatic nitrogens is 2. The normalized spacial score (nSPS) is 13.7. The molecule has 1 aliphatic rings. The van der Waals surface area contributed by atoms with E-state index in [1.807, 2.05) is 31.2 Å². The zero-order valence-electron chi connectivity index (χ0n) is 16.3. The number of rotatable bonds is 7. The number of methoxy groups -OCH3 is 1. The molecule has 0 aliphatic heterocycles. The van der Waals surface area contributed by atoms with Gasteiger partial charge in [0.1, 0.15) is 11.6 Å². The average molecular weight is 375 g/mol. The van der Waals surface area contributed by atoms with E-state index in [0.29, 0.717) is 11.9 Å². The highest BCUT2D eigenvalue weighted by atomic mass is 16.5. The Morgan fingerprint density at radius 3 is 2.50 bits per heavy atom. The first kappa shape index (κ1) is 18.4. The van der Waals surface area contributed by atoms with E-state index < -0.39 is 0 Å². The van der Waals surface area contributed by atoms with Crippen molar-refractivity contribution < 1.29 is 4.74 Å². The molecule has 1 fully saturated rings. The van der Waals surface area contributed by atoms with Gasteiger partial charge in [-0.05, 0) is 49.1 Å². The van der Waals surface area contributed by atoms with Crippen LogP contribution in [-0.2, 0) is 13.1 Å². The van der Waals surface area contributed by atoms with E-state index in [1.54, 1.807) is 7.11 Å². The Hall–Kier alpha value is -2.92. The zero-order valence-corrected chi connectivity index (χ0v) is 16.3. The van der Waals surface area contributed by atoms with E-state index in [4.69, 9.17) is 4.74 Å². The summed E-state index contributed by atoms with van der Waals surface area (Å²) in [5.41, 5.74) is 4.06. The molecule has 1 aromatic heterocycles. The van der Waals surface area contributed by atoms with Gasteiger partial charge < -0.3 is 9.72 Å². The zero-order chi connectivity index (χ0) is 19.5. The molecular weight excluding hydrogens is 350 g/mol. The molecule has 0 spiro atoms.